The van der Waals surface area contributed by atoms with E-state index in [2.05, 4.69) is 11.9 Å². The predicted octanol–water partition coefficient (Wildman–Crippen LogP) is 2.37. The molecule has 5 rings (SSSR count). The summed E-state index contributed by atoms with van der Waals surface area (Å²) in [4.78, 5) is 40.3. The number of fused-ring (bicyclic) bond motifs is 1. The van der Waals surface area contributed by atoms with E-state index < -0.39 is 43.2 Å². The van der Waals surface area contributed by atoms with Crippen LogP contribution in [0.25, 0.3) is 0 Å². The monoisotopic (exact) mass is 467 g/mol. The van der Waals surface area contributed by atoms with E-state index in [0.29, 0.717) is 29.7 Å². The summed E-state index contributed by atoms with van der Waals surface area (Å²) in [7, 11) is 0. The summed E-state index contributed by atoms with van der Waals surface area (Å²) < 4.78 is 61.9. The number of nitrogens with one attached hydrogen (secondary N) is 1. The van der Waals surface area contributed by atoms with Crippen LogP contribution in [0.2, 0.25) is 0 Å². The minimum absolute atomic E-state index is 0.0516. The van der Waals surface area contributed by atoms with Crippen LogP contribution in [-0.4, -0.2) is 53.3 Å². The number of nitrogens with zero attached hydrogens (tertiary/aromatic N) is 2. The molecule has 2 atom stereocenters. The van der Waals surface area contributed by atoms with E-state index in [0.717, 1.165) is 11.0 Å². The van der Waals surface area contributed by atoms with Gasteiger partial charge < -0.3 is 24.6 Å². The van der Waals surface area contributed by atoms with Crippen LogP contribution in [0, 0.1) is 0 Å². The molecule has 0 radical (unpaired) electrons. The van der Waals surface area contributed by atoms with Gasteiger partial charge in [0.25, 0.3) is 5.91 Å². The molecule has 34 heavy (non-hydrogen) atoms. The van der Waals surface area contributed by atoms with Crippen LogP contribution in [0.4, 0.5) is 0 Å². The fourth-order valence-corrected chi connectivity index (χ4v) is 4.13. The number of morpholine rings is 1. The third-order valence-corrected chi connectivity index (χ3v) is 5.90. The molecule has 0 aliphatic carbocycles. The number of hydrogen-bond donors (Lipinski definition) is 1. The molecule has 3 aliphatic heterocycles. The van der Waals surface area contributed by atoms with Crippen LogP contribution in [0.3, 0.4) is 0 Å². The average molecular weight is 468 g/mol. The molecule has 1 N–H and O–H groups in total. The van der Waals surface area contributed by atoms with Crippen LogP contribution >= 0.6 is 0 Å². The molecule has 3 amide bonds. The number of carbonyl (C=O) groups is 3. The zero-order chi connectivity index (χ0) is 28.9. The van der Waals surface area contributed by atoms with Crippen molar-refractivity contribution in [1.82, 2.24) is 15.1 Å². The maximum Gasteiger partial charge on any atom is 0.255 e. The van der Waals surface area contributed by atoms with Crippen molar-refractivity contribution >= 4 is 17.7 Å². The highest BCUT2D eigenvalue weighted by atomic mass is 16.5. The topological polar surface area (TPSA) is 88.2 Å². The Morgan fingerprint density at radius 3 is 2.88 bits per heavy atom. The minimum atomic E-state index is -2.47. The van der Waals surface area contributed by atoms with E-state index in [9.17, 15) is 14.4 Å². The molecule has 2 unspecified atom stereocenters. The van der Waals surface area contributed by atoms with E-state index >= 15 is 0 Å². The average Bonchev–Trinajstić information content (AvgIpc) is 3.23. The van der Waals surface area contributed by atoms with Crippen molar-refractivity contribution in [3.63, 3.8) is 0 Å². The Morgan fingerprint density at radius 1 is 1.21 bits per heavy atom. The van der Waals surface area contributed by atoms with Gasteiger partial charge in [0.2, 0.25) is 11.8 Å². The molecule has 2 saturated heterocycles. The van der Waals surface area contributed by atoms with Gasteiger partial charge in [-0.2, -0.15) is 0 Å². The van der Waals surface area contributed by atoms with E-state index in [1.54, 1.807) is 18.2 Å². The number of benzene rings is 2. The van der Waals surface area contributed by atoms with Gasteiger partial charge in [0.15, 0.2) is 0 Å². The molecule has 8 nitrogen and oxygen atoms in total. The first-order chi connectivity index (χ1) is 18.9. The molecule has 0 saturated carbocycles. The Morgan fingerprint density at radius 2 is 2.06 bits per heavy atom. The fraction of sp³-hybridized carbons (Fsp3) is 0.346. The summed E-state index contributed by atoms with van der Waals surface area (Å²) in [6.07, 6.45) is 0.963. The molecule has 0 aromatic heterocycles. The second kappa shape index (κ2) is 9.30. The maximum absolute atomic E-state index is 13.1. The quantitative estimate of drug-likeness (QED) is 0.705. The Kier molecular flexibility index (Phi) is 4.39. The van der Waals surface area contributed by atoms with Crippen molar-refractivity contribution in [1.29, 1.82) is 0 Å². The van der Waals surface area contributed by atoms with E-state index in [1.807, 2.05) is 0 Å². The smallest absolute Gasteiger partial charge is 0.255 e. The first kappa shape index (κ1) is 16.1. The Labute approximate surface area is 206 Å². The molecule has 176 valence electrons. The van der Waals surface area contributed by atoms with E-state index in [4.69, 9.17) is 17.7 Å². The minimum Gasteiger partial charge on any atom is -0.489 e. The Hall–Kier alpha value is -3.65. The second-order valence-corrected chi connectivity index (χ2v) is 8.17. The van der Waals surface area contributed by atoms with Gasteiger partial charge in [-0.1, -0.05) is 36.8 Å². The van der Waals surface area contributed by atoms with Crippen LogP contribution in [0.5, 0.6) is 5.75 Å². The molecule has 0 bridgehead atoms. The van der Waals surface area contributed by atoms with Gasteiger partial charge in [-0.05, 0) is 36.1 Å². The molecule has 0 spiro atoms. The summed E-state index contributed by atoms with van der Waals surface area (Å²) >= 11 is 0. The Bertz CT molecular complexity index is 1430. The lowest BCUT2D eigenvalue weighted by atomic mass is 10.0. The summed E-state index contributed by atoms with van der Waals surface area (Å²) in [5.41, 5.74) is 0.767. The van der Waals surface area contributed by atoms with Gasteiger partial charge in [-0.25, -0.2) is 0 Å². The van der Waals surface area contributed by atoms with Gasteiger partial charge in [0.05, 0.1) is 21.4 Å². The first-order valence-corrected chi connectivity index (χ1v) is 10.9. The first-order valence-electron chi connectivity index (χ1n) is 14.0. The summed E-state index contributed by atoms with van der Waals surface area (Å²) in [6.45, 7) is -0.532. The molecule has 3 aliphatic rings. The largest absolute Gasteiger partial charge is 0.489 e. The highest BCUT2D eigenvalue weighted by molar-refractivity contribution is 6.02. The normalized spacial score (nSPS) is 24.3. The third kappa shape index (κ3) is 4.41. The highest BCUT2D eigenvalue weighted by Gasteiger charge is 2.39. The molecule has 3 heterocycles. The van der Waals surface area contributed by atoms with Gasteiger partial charge in [-0.15, -0.1) is 0 Å². The van der Waals surface area contributed by atoms with Crippen LogP contribution < -0.4 is 10.1 Å². The summed E-state index contributed by atoms with van der Waals surface area (Å²) in [6, 6.07) is 3.53. The van der Waals surface area contributed by atoms with Crippen molar-refractivity contribution in [3.05, 3.63) is 76.9 Å². The molecular formula is C26H27N3O5. The summed E-state index contributed by atoms with van der Waals surface area (Å²) in [5, 5.41) is 2.68. The lowest BCUT2D eigenvalue weighted by Crippen LogP contribution is -2.49. The van der Waals surface area contributed by atoms with Crippen LogP contribution in [-0.2, 0) is 34.0 Å². The molecule has 2 fully saturated rings. The number of allylic oxidation sites excluding steroid dienone is 1. The highest BCUT2D eigenvalue weighted by Crippen LogP contribution is 2.34. The van der Waals surface area contributed by atoms with Crippen molar-refractivity contribution < 1.29 is 32.1 Å². The lowest BCUT2D eigenvalue weighted by molar-refractivity contribution is -0.143. The van der Waals surface area contributed by atoms with Gasteiger partial charge in [0.1, 0.15) is 25.0 Å². The van der Waals surface area contributed by atoms with E-state index in [-0.39, 0.29) is 55.0 Å². The van der Waals surface area contributed by atoms with Gasteiger partial charge in [-0.3, -0.25) is 14.4 Å². The van der Waals surface area contributed by atoms with Gasteiger partial charge >= 0.3 is 0 Å². The van der Waals surface area contributed by atoms with Gasteiger partial charge in [0, 0.05) is 29.9 Å². The number of piperidine rings is 1. The van der Waals surface area contributed by atoms with Crippen molar-refractivity contribution in [2.75, 3.05) is 19.8 Å². The molecule has 2 aromatic carbocycles. The number of carbonyl (C=O) groups excluding carboxylic acids is 3. The van der Waals surface area contributed by atoms with Crippen LogP contribution in [0.15, 0.2) is 54.7 Å². The third-order valence-electron chi connectivity index (χ3n) is 5.90. The Balaban J connectivity index is 1.41. The number of rotatable bonds is 6. The molecular weight excluding hydrogens is 434 g/mol. The number of hydrogen-bond acceptors (Lipinski definition) is 5. The maximum atomic E-state index is 13.1. The second-order valence-electron chi connectivity index (χ2n) is 8.17. The van der Waals surface area contributed by atoms with Crippen molar-refractivity contribution in [2.24, 2.45) is 0 Å². The lowest BCUT2D eigenvalue weighted by Gasteiger charge is -2.31. The number of amides is 3. The summed E-state index contributed by atoms with van der Waals surface area (Å²) in [5.74, 6) is -1.12. The van der Waals surface area contributed by atoms with Crippen molar-refractivity contribution in [3.8, 4) is 5.75 Å². The SMILES string of the molecule is [2H]c1cc(C([2H])([2H])N2CCOCC2=O)c([2H])c([2H])c1C([2H])Oc1cccc2c1CN(C1CCC(=C)NC1=O)C2=O. The van der Waals surface area contributed by atoms with Crippen molar-refractivity contribution in [2.45, 2.75) is 38.5 Å². The zero-order valence-corrected chi connectivity index (χ0v) is 18.3. The molecule has 8 heteroatoms. The predicted molar refractivity (Wildman–Crippen MR) is 124 cm³/mol. The van der Waals surface area contributed by atoms with E-state index in [1.165, 1.54) is 4.90 Å². The standard InChI is InChI=1S/C26H27N3O5/c1-17-5-10-22(25(31)27-17)29-14-21-20(26(29)32)3-2-4-23(21)34-15-19-8-6-18(7-9-19)13-28-11-12-33-16-24(28)30/h2-4,6-9,22H,1,5,10-16H2,(H,27,31)/i6D,8D,9D,13D2,15D. The number of ether oxygens (including phenoxy) is 2. The zero-order valence-electron chi connectivity index (χ0n) is 24.3. The molecule has 2 aromatic rings. The van der Waals surface area contributed by atoms with Crippen LogP contribution in [0.1, 0.15) is 48.1 Å². The fourth-order valence-electron chi connectivity index (χ4n) is 4.13.